The van der Waals surface area contributed by atoms with E-state index in [0.717, 1.165) is 6.07 Å². The van der Waals surface area contributed by atoms with Crippen molar-refractivity contribution in [1.82, 2.24) is 10.2 Å². The number of halogens is 3. The van der Waals surface area contributed by atoms with E-state index in [1.54, 1.807) is 13.8 Å². The number of carbonyl (C=O) groups excluding carboxylic acids is 2. The molecule has 0 saturated carbocycles. The summed E-state index contributed by atoms with van der Waals surface area (Å²) in [4.78, 5) is 25.1. The average Bonchev–Trinajstić information content (AvgIpc) is 2.42. The molecular formula is C14H15BrF2N2O2. The molecule has 1 heterocycles. The minimum absolute atomic E-state index is 0.0959. The van der Waals surface area contributed by atoms with Gasteiger partial charge < -0.3 is 10.2 Å². The van der Waals surface area contributed by atoms with Crippen molar-refractivity contribution in [2.45, 2.75) is 26.4 Å². The molecule has 1 fully saturated rings. The van der Waals surface area contributed by atoms with E-state index in [1.807, 2.05) is 0 Å². The molecule has 1 N–H and O–H groups in total. The average molecular weight is 361 g/mol. The molecule has 1 saturated heterocycles. The van der Waals surface area contributed by atoms with Crippen LogP contribution in [0.1, 0.15) is 19.4 Å². The van der Waals surface area contributed by atoms with E-state index in [0.29, 0.717) is 0 Å². The molecule has 1 aliphatic rings. The van der Waals surface area contributed by atoms with E-state index in [-0.39, 0.29) is 40.9 Å². The molecule has 1 atom stereocenters. The summed E-state index contributed by atoms with van der Waals surface area (Å²) in [5, 5.41) is 2.60. The lowest BCUT2D eigenvalue weighted by molar-refractivity contribution is -0.146. The molecule has 1 aliphatic heterocycles. The summed E-state index contributed by atoms with van der Waals surface area (Å²) in [7, 11) is 0. The normalized spacial score (nSPS) is 19.1. The van der Waals surface area contributed by atoms with Gasteiger partial charge in [-0.15, -0.1) is 0 Å². The molecule has 1 aromatic rings. The predicted octanol–water partition coefficient (Wildman–Crippen LogP) is 2.21. The smallest absolute Gasteiger partial charge is 0.246 e. The third-order valence-corrected chi connectivity index (χ3v) is 4.00. The molecule has 21 heavy (non-hydrogen) atoms. The molecular weight excluding hydrogens is 346 g/mol. The van der Waals surface area contributed by atoms with Gasteiger partial charge in [0.15, 0.2) is 0 Å². The van der Waals surface area contributed by atoms with Crippen molar-refractivity contribution >= 4 is 27.7 Å². The molecule has 0 spiro atoms. The van der Waals surface area contributed by atoms with Crippen LogP contribution in [0.4, 0.5) is 8.78 Å². The number of nitrogens with zero attached hydrogens (tertiary/aromatic N) is 1. The van der Waals surface area contributed by atoms with E-state index >= 15 is 0 Å². The van der Waals surface area contributed by atoms with Crippen LogP contribution in [-0.2, 0) is 16.1 Å². The van der Waals surface area contributed by atoms with E-state index in [2.05, 4.69) is 21.2 Å². The van der Waals surface area contributed by atoms with Gasteiger partial charge in [0, 0.05) is 5.56 Å². The molecule has 0 bridgehead atoms. The van der Waals surface area contributed by atoms with Crippen LogP contribution in [0, 0.1) is 17.6 Å². The third-order valence-electron chi connectivity index (χ3n) is 3.38. The second-order valence-corrected chi connectivity index (χ2v) is 6.16. The van der Waals surface area contributed by atoms with Crippen molar-refractivity contribution in [3.8, 4) is 0 Å². The van der Waals surface area contributed by atoms with Gasteiger partial charge in [0.1, 0.15) is 17.7 Å². The van der Waals surface area contributed by atoms with Gasteiger partial charge in [-0.3, -0.25) is 9.59 Å². The molecule has 7 heteroatoms. The SMILES string of the molecule is CC(C)C1NC(=O)CN(Cc2c(F)ccc(Br)c2F)C1=O. The fourth-order valence-electron chi connectivity index (χ4n) is 2.22. The molecule has 2 rings (SSSR count). The molecule has 2 amide bonds. The predicted molar refractivity (Wildman–Crippen MR) is 76.2 cm³/mol. The third kappa shape index (κ3) is 3.23. The van der Waals surface area contributed by atoms with Gasteiger partial charge in [0.25, 0.3) is 0 Å². The number of rotatable bonds is 3. The minimum atomic E-state index is -0.755. The van der Waals surface area contributed by atoms with E-state index in [1.165, 1.54) is 11.0 Å². The number of nitrogens with one attached hydrogen (secondary N) is 1. The number of hydrogen-bond donors (Lipinski definition) is 1. The molecule has 1 aromatic carbocycles. The highest BCUT2D eigenvalue weighted by molar-refractivity contribution is 9.10. The number of amides is 2. The largest absolute Gasteiger partial charge is 0.343 e. The van der Waals surface area contributed by atoms with Crippen LogP contribution in [0.15, 0.2) is 16.6 Å². The van der Waals surface area contributed by atoms with Crippen LogP contribution in [-0.4, -0.2) is 29.3 Å². The standard InChI is InChI=1S/C14H15BrF2N2O2/c1-7(2)13-14(21)19(6-11(20)18-13)5-8-10(16)4-3-9(15)12(8)17/h3-4,7,13H,5-6H2,1-2H3,(H,18,20). The van der Waals surface area contributed by atoms with Gasteiger partial charge in [0.05, 0.1) is 17.6 Å². The Kier molecular flexibility index (Phi) is 4.61. The first kappa shape index (κ1) is 15.9. The monoisotopic (exact) mass is 360 g/mol. The molecule has 1 unspecified atom stereocenters. The Balaban J connectivity index is 2.28. The summed E-state index contributed by atoms with van der Waals surface area (Å²) < 4.78 is 27.9. The fraction of sp³-hybridized carbons (Fsp3) is 0.429. The maximum absolute atomic E-state index is 14.0. The highest BCUT2D eigenvalue weighted by Crippen LogP contribution is 2.24. The summed E-state index contributed by atoms with van der Waals surface area (Å²) in [5.41, 5.74) is -0.227. The lowest BCUT2D eigenvalue weighted by Gasteiger charge is -2.34. The van der Waals surface area contributed by atoms with Crippen molar-refractivity contribution in [3.05, 3.63) is 33.8 Å². The first-order chi connectivity index (χ1) is 9.81. The van der Waals surface area contributed by atoms with Crippen molar-refractivity contribution in [2.75, 3.05) is 6.54 Å². The zero-order chi connectivity index (χ0) is 15.7. The van der Waals surface area contributed by atoms with Gasteiger partial charge in [-0.1, -0.05) is 13.8 Å². The summed E-state index contributed by atoms with van der Waals surface area (Å²) in [6.07, 6.45) is 0. The van der Waals surface area contributed by atoms with Crippen LogP contribution < -0.4 is 5.32 Å². The molecule has 114 valence electrons. The van der Waals surface area contributed by atoms with Crippen molar-refractivity contribution in [2.24, 2.45) is 5.92 Å². The Morgan fingerprint density at radius 3 is 2.67 bits per heavy atom. The van der Waals surface area contributed by atoms with Crippen LogP contribution in [0.2, 0.25) is 0 Å². The van der Waals surface area contributed by atoms with E-state index in [4.69, 9.17) is 0 Å². The molecule has 0 aromatic heterocycles. The van der Waals surface area contributed by atoms with Gasteiger partial charge in [0.2, 0.25) is 11.8 Å². The zero-order valence-corrected chi connectivity index (χ0v) is 13.2. The maximum atomic E-state index is 14.0. The lowest BCUT2D eigenvalue weighted by atomic mass is 10.00. The maximum Gasteiger partial charge on any atom is 0.246 e. The number of piperazine rings is 1. The summed E-state index contributed by atoms with van der Waals surface area (Å²) in [6, 6.07) is 1.72. The lowest BCUT2D eigenvalue weighted by Crippen LogP contribution is -2.59. The second kappa shape index (κ2) is 6.09. The number of carbonyl (C=O) groups is 2. The van der Waals surface area contributed by atoms with E-state index in [9.17, 15) is 18.4 Å². The van der Waals surface area contributed by atoms with Gasteiger partial charge in [-0.05, 0) is 34.0 Å². The fourth-order valence-corrected chi connectivity index (χ4v) is 2.59. The first-order valence-corrected chi connectivity index (χ1v) is 7.31. The van der Waals surface area contributed by atoms with Crippen molar-refractivity contribution in [1.29, 1.82) is 0 Å². The van der Waals surface area contributed by atoms with Gasteiger partial charge >= 0.3 is 0 Å². The van der Waals surface area contributed by atoms with Gasteiger partial charge in [-0.25, -0.2) is 8.78 Å². The Morgan fingerprint density at radius 1 is 1.38 bits per heavy atom. The Morgan fingerprint density at radius 2 is 2.05 bits per heavy atom. The zero-order valence-electron chi connectivity index (χ0n) is 11.6. The second-order valence-electron chi connectivity index (χ2n) is 5.31. The van der Waals surface area contributed by atoms with Crippen LogP contribution >= 0.6 is 15.9 Å². The van der Waals surface area contributed by atoms with Crippen molar-refractivity contribution < 1.29 is 18.4 Å². The molecule has 0 aliphatic carbocycles. The highest BCUT2D eigenvalue weighted by Gasteiger charge is 2.35. The van der Waals surface area contributed by atoms with Crippen molar-refractivity contribution in [3.63, 3.8) is 0 Å². The first-order valence-electron chi connectivity index (χ1n) is 6.51. The topological polar surface area (TPSA) is 49.4 Å². The Hall–Kier alpha value is -1.50. The minimum Gasteiger partial charge on any atom is -0.343 e. The van der Waals surface area contributed by atoms with Crippen LogP contribution in [0.5, 0.6) is 0 Å². The van der Waals surface area contributed by atoms with E-state index < -0.39 is 17.7 Å². The summed E-state index contributed by atoms with van der Waals surface area (Å²) in [6.45, 7) is 3.12. The Bertz CT molecular complexity index is 593. The quantitative estimate of drug-likeness (QED) is 0.840. The molecule has 4 nitrogen and oxygen atoms in total. The Labute approximate surface area is 129 Å². The van der Waals surface area contributed by atoms with Gasteiger partial charge in [-0.2, -0.15) is 0 Å². The summed E-state index contributed by atoms with van der Waals surface area (Å²) >= 11 is 2.98. The van der Waals surface area contributed by atoms with Crippen LogP contribution in [0.25, 0.3) is 0 Å². The molecule has 0 radical (unpaired) electrons. The van der Waals surface area contributed by atoms with Crippen LogP contribution in [0.3, 0.4) is 0 Å². The number of hydrogen-bond acceptors (Lipinski definition) is 2. The summed E-state index contributed by atoms with van der Waals surface area (Å²) in [5.74, 6) is -2.25. The highest BCUT2D eigenvalue weighted by atomic mass is 79.9. The number of benzene rings is 1.